The number of hydrogen-bond donors (Lipinski definition) is 3. The molecule has 0 spiro atoms. The van der Waals surface area contributed by atoms with Crippen molar-refractivity contribution in [2.45, 2.75) is 12.8 Å². The predicted octanol–water partition coefficient (Wildman–Crippen LogP) is 0.397. The van der Waals surface area contributed by atoms with Crippen LogP contribution >= 0.6 is 0 Å². The number of benzene rings is 1. The molecule has 0 bridgehead atoms. The van der Waals surface area contributed by atoms with Gasteiger partial charge in [0, 0.05) is 6.54 Å². The molecule has 5 N–H and O–H groups in total. The molecule has 0 heterocycles. The van der Waals surface area contributed by atoms with Gasteiger partial charge in [-0.05, 0) is 18.4 Å². The lowest BCUT2D eigenvalue weighted by Gasteiger charge is -2.01. The van der Waals surface area contributed by atoms with Crippen molar-refractivity contribution in [1.29, 1.82) is 0 Å². The molecule has 0 atom stereocenters. The molecule has 0 aliphatic rings. The van der Waals surface area contributed by atoms with Gasteiger partial charge in [0.25, 0.3) is 0 Å². The molecule has 1 aromatic carbocycles. The molecule has 1 aromatic rings. The number of nitrogens with two attached hydrogens (primary N) is 2. The van der Waals surface area contributed by atoms with Crippen LogP contribution in [0.15, 0.2) is 35.4 Å². The van der Waals surface area contributed by atoms with Gasteiger partial charge in [-0.3, -0.25) is 0 Å². The highest BCUT2D eigenvalue weighted by molar-refractivity contribution is 5.75. The first-order valence-electron chi connectivity index (χ1n) is 4.64. The summed E-state index contributed by atoms with van der Waals surface area (Å²) in [5, 5.41) is 3.68. The quantitative estimate of drug-likeness (QED) is 0.273. The maximum Gasteiger partial charge on any atom is 0.208 e. The Bertz CT molecular complexity index is 277. The van der Waals surface area contributed by atoms with Crippen molar-refractivity contribution in [2.75, 3.05) is 6.54 Å². The maximum absolute atomic E-state index is 5.15. The smallest absolute Gasteiger partial charge is 0.208 e. The normalized spacial score (nSPS) is 9.43. The molecule has 0 saturated heterocycles. The van der Waals surface area contributed by atoms with E-state index in [0.717, 1.165) is 19.4 Å². The molecule has 14 heavy (non-hydrogen) atoms. The van der Waals surface area contributed by atoms with Crippen LogP contribution in [-0.2, 0) is 6.42 Å². The van der Waals surface area contributed by atoms with Crippen LogP contribution in [-0.4, -0.2) is 12.5 Å². The Morgan fingerprint density at radius 3 is 2.57 bits per heavy atom. The molecule has 0 unspecified atom stereocenters. The van der Waals surface area contributed by atoms with Crippen LogP contribution in [0.2, 0.25) is 0 Å². The molecular weight excluding hydrogens is 176 g/mol. The standard InChI is InChI=1S/C10H16N4/c11-10(12)14-13-8-4-7-9-5-2-1-3-6-9/h1-3,5-6,13H,4,7-8H2,(H4,11,12,14). The summed E-state index contributed by atoms with van der Waals surface area (Å²) in [6.45, 7) is 0.785. The van der Waals surface area contributed by atoms with Crippen molar-refractivity contribution in [2.24, 2.45) is 16.6 Å². The molecule has 0 aliphatic carbocycles. The van der Waals surface area contributed by atoms with Gasteiger partial charge in [-0.2, -0.15) is 0 Å². The summed E-state index contributed by atoms with van der Waals surface area (Å²) in [6, 6.07) is 10.3. The van der Waals surface area contributed by atoms with Crippen molar-refractivity contribution in [3.8, 4) is 0 Å². The monoisotopic (exact) mass is 192 g/mol. The van der Waals surface area contributed by atoms with Gasteiger partial charge in [0.05, 0.1) is 0 Å². The van der Waals surface area contributed by atoms with Crippen LogP contribution in [0.4, 0.5) is 0 Å². The van der Waals surface area contributed by atoms with Gasteiger partial charge >= 0.3 is 0 Å². The zero-order valence-corrected chi connectivity index (χ0v) is 8.11. The molecule has 4 nitrogen and oxygen atoms in total. The average Bonchev–Trinajstić information content (AvgIpc) is 2.18. The van der Waals surface area contributed by atoms with Crippen molar-refractivity contribution >= 4 is 5.96 Å². The molecule has 0 fully saturated rings. The minimum atomic E-state index is 0.0738. The minimum Gasteiger partial charge on any atom is -0.369 e. The maximum atomic E-state index is 5.15. The second-order valence-corrected chi connectivity index (χ2v) is 3.03. The topological polar surface area (TPSA) is 76.4 Å². The van der Waals surface area contributed by atoms with Crippen LogP contribution in [0, 0.1) is 0 Å². The molecule has 4 heteroatoms. The fourth-order valence-corrected chi connectivity index (χ4v) is 1.16. The largest absolute Gasteiger partial charge is 0.369 e. The Balaban J connectivity index is 2.14. The number of hydrazone groups is 1. The van der Waals surface area contributed by atoms with Crippen LogP contribution in [0.5, 0.6) is 0 Å². The number of nitrogens with one attached hydrogen (secondary N) is 1. The fraction of sp³-hybridized carbons (Fsp3) is 0.300. The Morgan fingerprint density at radius 1 is 1.21 bits per heavy atom. The molecule has 0 aromatic heterocycles. The van der Waals surface area contributed by atoms with E-state index < -0.39 is 0 Å². The lowest BCUT2D eigenvalue weighted by atomic mass is 10.1. The van der Waals surface area contributed by atoms with Gasteiger partial charge in [0.1, 0.15) is 0 Å². The summed E-state index contributed by atoms with van der Waals surface area (Å²) in [7, 11) is 0. The number of nitrogens with zero attached hydrogens (tertiary/aromatic N) is 1. The molecule has 0 amide bonds. The van der Waals surface area contributed by atoms with Crippen molar-refractivity contribution in [1.82, 2.24) is 5.43 Å². The zero-order chi connectivity index (χ0) is 10.2. The van der Waals surface area contributed by atoms with E-state index in [4.69, 9.17) is 11.5 Å². The Hall–Kier alpha value is -1.71. The summed E-state index contributed by atoms with van der Waals surface area (Å²) in [5.74, 6) is 0.0738. The first-order chi connectivity index (χ1) is 6.79. The summed E-state index contributed by atoms with van der Waals surface area (Å²) in [5.41, 5.74) is 14.4. The van der Waals surface area contributed by atoms with Gasteiger partial charge in [0.2, 0.25) is 5.96 Å². The van der Waals surface area contributed by atoms with Gasteiger partial charge in [-0.15, -0.1) is 5.10 Å². The van der Waals surface area contributed by atoms with Crippen molar-refractivity contribution in [3.05, 3.63) is 35.9 Å². The molecular formula is C10H16N4. The fourth-order valence-electron chi connectivity index (χ4n) is 1.16. The summed E-state index contributed by atoms with van der Waals surface area (Å²) < 4.78 is 0. The Labute approximate surface area is 84.0 Å². The summed E-state index contributed by atoms with van der Waals surface area (Å²) in [6.07, 6.45) is 2.05. The van der Waals surface area contributed by atoms with E-state index in [1.54, 1.807) is 0 Å². The summed E-state index contributed by atoms with van der Waals surface area (Å²) >= 11 is 0. The average molecular weight is 192 g/mol. The third-order valence-corrected chi connectivity index (χ3v) is 1.81. The van der Waals surface area contributed by atoms with Gasteiger partial charge in [-0.1, -0.05) is 30.3 Å². The number of aryl methyl sites for hydroxylation is 1. The molecule has 1 rings (SSSR count). The van der Waals surface area contributed by atoms with E-state index in [-0.39, 0.29) is 5.96 Å². The number of guanidine groups is 1. The highest BCUT2D eigenvalue weighted by Crippen LogP contribution is 2.01. The van der Waals surface area contributed by atoms with Gasteiger partial charge < -0.3 is 16.9 Å². The van der Waals surface area contributed by atoms with E-state index in [2.05, 4.69) is 22.7 Å². The van der Waals surface area contributed by atoms with Crippen molar-refractivity contribution in [3.63, 3.8) is 0 Å². The number of rotatable bonds is 5. The molecule has 76 valence electrons. The van der Waals surface area contributed by atoms with E-state index >= 15 is 0 Å². The molecule has 0 radical (unpaired) electrons. The van der Waals surface area contributed by atoms with Gasteiger partial charge in [0.15, 0.2) is 0 Å². The second-order valence-electron chi connectivity index (χ2n) is 3.03. The van der Waals surface area contributed by atoms with E-state index in [1.165, 1.54) is 5.56 Å². The zero-order valence-electron chi connectivity index (χ0n) is 8.11. The molecule has 0 saturated carbocycles. The predicted molar refractivity (Wildman–Crippen MR) is 58.6 cm³/mol. The lowest BCUT2D eigenvalue weighted by Crippen LogP contribution is -2.26. The highest BCUT2D eigenvalue weighted by atomic mass is 15.3. The van der Waals surface area contributed by atoms with E-state index in [1.807, 2.05) is 18.2 Å². The second kappa shape index (κ2) is 5.85. The SMILES string of the molecule is NC(N)=NNCCCc1ccccc1. The lowest BCUT2D eigenvalue weighted by molar-refractivity contribution is 0.680. The minimum absolute atomic E-state index is 0.0738. The third kappa shape index (κ3) is 4.35. The number of hydrogen-bond acceptors (Lipinski definition) is 2. The molecule has 0 aliphatic heterocycles. The first-order valence-corrected chi connectivity index (χ1v) is 4.64. The Morgan fingerprint density at radius 2 is 1.93 bits per heavy atom. The Kier molecular flexibility index (Phi) is 4.34. The van der Waals surface area contributed by atoms with E-state index in [0.29, 0.717) is 0 Å². The van der Waals surface area contributed by atoms with Crippen LogP contribution in [0.25, 0.3) is 0 Å². The van der Waals surface area contributed by atoms with Gasteiger partial charge in [-0.25, -0.2) is 0 Å². The third-order valence-electron chi connectivity index (χ3n) is 1.81. The van der Waals surface area contributed by atoms with Crippen LogP contribution < -0.4 is 16.9 Å². The van der Waals surface area contributed by atoms with Crippen molar-refractivity contribution < 1.29 is 0 Å². The summed E-state index contributed by atoms with van der Waals surface area (Å²) in [4.78, 5) is 0. The first kappa shape index (κ1) is 10.4. The van der Waals surface area contributed by atoms with E-state index in [9.17, 15) is 0 Å². The van der Waals surface area contributed by atoms with Crippen LogP contribution in [0.1, 0.15) is 12.0 Å². The van der Waals surface area contributed by atoms with Crippen LogP contribution in [0.3, 0.4) is 0 Å². The highest BCUT2D eigenvalue weighted by Gasteiger charge is 1.90.